The van der Waals surface area contributed by atoms with Crippen molar-refractivity contribution in [2.45, 2.75) is 56.7 Å². The van der Waals surface area contributed by atoms with Gasteiger partial charge in [-0.2, -0.15) is 11.8 Å². The average Bonchev–Trinajstić information content (AvgIpc) is 2.47. The van der Waals surface area contributed by atoms with Gasteiger partial charge in [0.05, 0.1) is 0 Å². The molecule has 1 aromatic heterocycles. The summed E-state index contributed by atoms with van der Waals surface area (Å²) in [6, 6.07) is 6.77. The summed E-state index contributed by atoms with van der Waals surface area (Å²) in [6.07, 6.45) is 10.1. The summed E-state index contributed by atoms with van der Waals surface area (Å²) in [7, 11) is 0. The zero-order valence-corrected chi connectivity index (χ0v) is 12.8. The van der Waals surface area contributed by atoms with Crippen LogP contribution < -0.4 is 5.32 Å². The van der Waals surface area contributed by atoms with Crippen molar-refractivity contribution >= 4 is 11.8 Å². The molecule has 1 unspecified atom stereocenters. The number of nitrogens with one attached hydrogen (secondary N) is 1. The predicted molar refractivity (Wildman–Crippen MR) is 84.7 cm³/mol. The van der Waals surface area contributed by atoms with Gasteiger partial charge in [0.2, 0.25) is 0 Å². The lowest BCUT2D eigenvalue weighted by Gasteiger charge is -2.24. The molecule has 1 N–H and O–H groups in total. The fraction of sp³-hybridized carbons (Fsp3) is 0.688. The van der Waals surface area contributed by atoms with Crippen LogP contribution in [0.4, 0.5) is 0 Å². The van der Waals surface area contributed by atoms with E-state index >= 15 is 0 Å². The third-order valence-electron chi connectivity index (χ3n) is 3.76. The zero-order chi connectivity index (χ0) is 13.3. The van der Waals surface area contributed by atoms with E-state index < -0.39 is 0 Å². The highest BCUT2D eigenvalue weighted by molar-refractivity contribution is 7.99. The Bertz CT molecular complexity index is 336. The van der Waals surface area contributed by atoms with Crippen molar-refractivity contribution in [3.05, 3.63) is 30.1 Å². The number of nitrogens with zero attached hydrogens (tertiary/aromatic N) is 1. The van der Waals surface area contributed by atoms with Crippen LogP contribution in [0.2, 0.25) is 0 Å². The highest BCUT2D eigenvalue weighted by Crippen LogP contribution is 2.28. The van der Waals surface area contributed by atoms with E-state index in [1.165, 1.54) is 43.6 Å². The van der Waals surface area contributed by atoms with Gasteiger partial charge in [-0.15, -0.1) is 0 Å². The summed E-state index contributed by atoms with van der Waals surface area (Å²) in [5, 5.41) is 4.51. The fourth-order valence-electron chi connectivity index (χ4n) is 2.73. The van der Waals surface area contributed by atoms with Crippen LogP contribution in [0, 0.1) is 0 Å². The molecule has 3 heteroatoms. The normalized spacial score (nSPS) is 18.4. The quantitative estimate of drug-likeness (QED) is 0.824. The standard InChI is InChI=1S/C16H26N2S/c1-2-17-15(12-14-8-6-7-11-18-14)13-19-16-9-4-3-5-10-16/h6-8,11,15-17H,2-5,9-10,12-13H2,1H3. The number of thioether (sulfide) groups is 1. The summed E-state index contributed by atoms with van der Waals surface area (Å²) in [5.41, 5.74) is 1.21. The molecule has 2 nitrogen and oxygen atoms in total. The molecule has 0 aliphatic heterocycles. The predicted octanol–water partition coefficient (Wildman–Crippen LogP) is 3.67. The van der Waals surface area contributed by atoms with Crippen molar-refractivity contribution in [2.75, 3.05) is 12.3 Å². The van der Waals surface area contributed by atoms with Crippen LogP contribution in [0.1, 0.15) is 44.7 Å². The Kier molecular flexibility index (Phi) is 6.72. The van der Waals surface area contributed by atoms with Crippen molar-refractivity contribution in [1.29, 1.82) is 0 Å². The van der Waals surface area contributed by atoms with Gasteiger partial charge in [-0.05, 0) is 31.5 Å². The first-order chi connectivity index (χ1) is 9.38. The Morgan fingerprint density at radius 1 is 1.32 bits per heavy atom. The lowest BCUT2D eigenvalue weighted by atomic mass is 10.0. The van der Waals surface area contributed by atoms with E-state index in [9.17, 15) is 0 Å². The molecule has 1 aromatic rings. The summed E-state index contributed by atoms with van der Waals surface area (Å²) in [4.78, 5) is 4.45. The smallest absolute Gasteiger partial charge is 0.0419 e. The van der Waals surface area contributed by atoms with Crippen molar-refractivity contribution in [2.24, 2.45) is 0 Å². The van der Waals surface area contributed by atoms with E-state index in [2.05, 4.69) is 41.1 Å². The molecule has 0 radical (unpaired) electrons. The summed E-state index contributed by atoms with van der Waals surface area (Å²) >= 11 is 2.17. The molecular weight excluding hydrogens is 252 g/mol. The maximum atomic E-state index is 4.45. The van der Waals surface area contributed by atoms with Gasteiger partial charge in [0.25, 0.3) is 0 Å². The van der Waals surface area contributed by atoms with Gasteiger partial charge in [-0.3, -0.25) is 4.98 Å². The molecular formula is C16H26N2S. The number of hydrogen-bond acceptors (Lipinski definition) is 3. The van der Waals surface area contributed by atoms with E-state index in [4.69, 9.17) is 0 Å². The van der Waals surface area contributed by atoms with Gasteiger partial charge in [0.1, 0.15) is 0 Å². The molecule has 1 aliphatic rings. The topological polar surface area (TPSA) is 24.9 Å². The number of aromatic nitrogens is 1. The third kappa shape index (κ3) is 5.53. The first-order valence-electron chi connectivity index (χ1n) is 7.63. The minimum Gasteiger partial charge on any atom is -0.313 e. The largest absolute Gasteiger partial charge is 0.313 e. The lowest BCUT2D eigenvalue weighted by Crippen LogP contribution is -2.34. The van der Waals surface area contributed by atoms with Gasteiger partial charge >= 0.3 is 0 Å². The maximum absolute atomic E-state index is 4.45. The van der Waals surface area contributed by atoms with Crippen LogP contribution in [-0.4, -0.2) is 28.6 Å². The number of rotatable bonds is 7. The summed E-state index contributed by atoms with van der Waals surface area (Å²) in [5.74, 6) is 1.22. The summed E-state index contributed by atoms with van der Waals surface area (Å²) in [6.45, 7) is 3.24. The number of hydrogen-bond donors (Lipinski definition) is 1. The maximum Gasteiger partial charge on any atom is 0.0419 e. The highest BCUT2D eigenvalue weighted by Gasteiger charge is 2.16. The first kappa shape index (κ1) is 14.9. The van der Waals surface area contributed by atoms with E-state index in [-0.39, 0.29) is 0 Å². The molecule has 1 aliphatic carbocycles. The monoisotopic (exact) mass is 278 g/mol. The van der Waals surface area contributed by atoms with Crippen LogP contribution in [0.25, 0.3) is 0 Å². The lowest BCUT2D eigenvalue weighted by molar-refractivity contribution is 0.512. The van der Waals surface area contributed by atoms with Crippen LogP contribution >= 0.6 is 11.8 Å². The molecule has 19 heavy (non-hydrogen) atoms. The highest BCUT2D eigenvalue weighted by atomic mass is 32.2. The van der Waals surface area contributed by atoms with Crippen LogP contribution in [0.15, 0.2) is 24.4 Å². The summed E-state index contributed by atoms with van der Waals surface area (Å²) < 4.78 is 0. The molecule has 1 atom stereocenters. The second kappa shape index (κ2) is 8.60. The molecule has 106 valence electrons. The van der Waals surface area contributed by atoms with Gasteiger partial charge in [-0.25, -0.2) is 0 Å². The zero-order valence-electron chi connectivity index (χ0n) is 12.0. The second-order valence-corrected chi connectivity index (χ2v) is 6.71. The van der Waals surface area contributed by atoms with Gasteiger partial charge < -0.3 is 5.32 Å². The minimum atomic E-state index is 0.562. The molecule has 0 saturated heterocycles. The Hall–Kier alpha value is -0.540. The van der Waals surface area contributed by atoms with E-state index in [1.807, 2.05) is 12.3 Å². The molecule has 0 spiro atoms. The molecule has 1 saturated carbocycles. The molecule has 1 heterocycles. The molecule has 0 aromatic carbocycles. The van der Waals surface area contributed by atoms with Crippen LogP contribution in [0.3, 0.4) is 0 Å². The Balaban J connectivity index is 1.78. The number of likely N-dealkylation sites (N-methyl/N-ethyl adjacent to an activating group) is 1. The van der Waals surface area contributed by atoms with Crippen molar-refractivity contribution < 1.29 is 0 Å². The third-order valence-corrected chi connectivity index (χ3v) is 5.30. The van der Waals surface area contributed by atoms with Gasteiger partial charge in [-0.1, -0.05) is 32.3 Å². The number of pyridine rings is 1. The van der Waals surface area contributed by atoms with E-state index in [1.54, 1.807) is 0 Å². The van der Waals surface area contributed by atoms with Crippen molar-refractivity contribution in [3.8, 4) is 0 Å². The Labute approximate surface area is 121 Å². The van der Waals surface area contributed by atoms with Crippen molar-refractivity contribution in [3.63, 3.8) is 0 Å². The Morgan fingerprint density at radius 2 is 2.16 bits per heavy atom. The van der Waals surface area contributed by atoms with E-state index in [0.29, 0.717) is 6.04 Å². The SMILES string of the molecule is CCNC(CSC1CCCCC1)Cc1ccccn1. The van der Waals surface area contributed by atoms with Crippen LogP contribution in [0.5, 0.6) is 0 Å². The van der Waals surface area contributed by atoms with E-state index in [0.717, 1.165) is 18.2 Å². The fourth-order valence-corrected chi connectivity index (χ4v) is 4.14. The average molecular weight is 278 g/mol. The molecule has 0 bridgehead atoms. The van der Waals surface area contributed by atoms with Crippen molar-refractivity contribution in [1.82, 2.24) is 10.3 Å². The molecule has 1 fully saturated rings. The Morgan fingerprint density at radius 3 is 2.84 bits per heavy atom. The second-order valence-electron chi connectivity index (χ2n) is 5.37. The molecule has 2 rings (SSSR count). The first-order valence-corrected chi connectivity index (χ1v) is 8.68. The molecule has 0 amide bonds. The minimum absolute atomic E-state index is 0.562. The van der Waals surface area contributed by atoms with Gasteiger partial charge in [0, 0.05) is 35.4 Å². The van der Waals surface area contributed by atoms with Crippen LogP contribution in [-0.2, 0) is 6.42 Å². The van der Waals surface area contributed by atoms with Gasteiger partial charge in [0.15, 0.2) is 0 Å².